The molecule has 2 aromatic carbocycles. The van der Waals surface area contributed by atoms with E-state index >= 15 is 0 Å². The second-order valence-electron chi connectivity index (χ2n) is 7.01. The van der Waals surface area contributed by atoms with Crippen LogP contribution in [-0.4, -0.2) is 44.3 Å². The minimum absolute atomic E-state index is 0.0767. The molecule has 1 aliphatic heterocycles. The number of anilines is 1. The van der Waals surface area contributed by atoms with Crippen molar-refractivity contribution in [3.05, 3.63) is 58.4 Å². The topological polar surface area (TPSA) is 92.8 Å². The Labute approximate surface area is 188 Å². The number of ether oxygens (including phenoxy) is 1. The van der Waals surface area contributed by atoms with Crippen molar-refractivity contribution < 1.29 is 22.7 Å². The van der Waals surface area contributed by atoms with Crippen molar-refractivity contribution in [1.29, 1.82) is 0 Å². The number of nitrogens with one attached hydrogen (secondary N) is 1. The molecule has 0 spiro atoms. The van der Waals surface area contributed by atoms with Crippen LogP contribution in [0.5, 0.6) is 0 Å². The molecule has 4 rings (SSSR count). The molecule has 7 nitrogen and oxygen atoms in total. The molecule has 0 aliphatic carbocycles. The van der Waals surface area contributed by atoms with Gasteiger partial charge in [0.2, 0.25) is 15.9 Å². The highest BCUT2D eigenvalue weighted by atomic mass is 35.5. The number of carbonyl (C=O) groups is 2. The van der Waals surface area contributed by atoms with Crippen LogP contribution in [0.15, 0.2) is 53.4 Å². The largest absolute Gasteiger partial charge is 0.465 e. The summed E-state index contributed by atoms with van der Waals surface area (Å²) in [5, 5.41) is 3.92. The molecule has 1 fully saturated rings. The van der Waals surface area contributed by atoms with Crippen molar-refractivity contribution >= 4 is 60.6 Å². The van der Waals surface area contributed by atoms with E-state index in [-0.39, 0.29) is 16.3 Å². The maximum Gasteiger partial charge on any atom is 0.350 e. The van der Waals surface area contributed by atoms with E-state index in [9.17, 15) is 18.0 Å². The summed E-state index contributed by atoms with van der Waals surface area (Å²) in [7, 11) is -2.60. The number of hydrogen-bond donors (Lipinski definition) is 1. The zero-order valence-electron chi connectivity index (χ0n) is 16.5. The van der Waals surface area contributed by atoms with Crippen LogP contribution in [0.1, 0.15) is 22.5 Å². The van der Waals surface area contributed by atoms with Crippen molar-refractivity contribution in [2.24, 2.45) is 0 Å². The van der Waals surface area contributed by atoms with Crippen molar-refractivity contribution in [2.45, 2.75) is 23.8 Å². The monoisotopic (exact) mass is 478 g/mol. The molecule has 1 aromatic heterocycles. The smallest absolute Gasteiger partial charge is 0.350 e. The lowest BCUT2D eigenvalue weighted by atomic mass is 10.2. The summed E-state index contributed by atoms with van der Waals surface area (Å²) in [6.45, 7) is 0.233. The fourth-order valence-corrected chi connectivity index (χ4v) is 6.50. The zero-order chi connectivity index (χ0) is 22.2. The van der Waals surface area contributed by atoms with Crippen molar-refractivity contribution in [3.8, 4) is 0 Å². The Morgan fingerprint density at radius 3 is 2.58 bits per heavy atom. The van der Waals surface area contributed by atoms with Crippen LogP contribution in [-0.2, 0) is 19.6 Å². The predicted molar refractivity (Wildman–Crippen MR) is 120 cm³/mol. The van der Waals surface area contributed by atoms with E-state index in [1.54, 1.807) is 12.1 Å². The third-order valence-corrected chi connectivity index (χ3v) is 8.47. The fourth-order valence-electron chi connectivity index (χ4n) is 3.64. The van der Waals surface area contributed by atoms with Crippen LogP contribution in [0, 0.1) is 0 Å². The van der Waals surface area contributed by atoms with Crippen LogP contribution < -0.4 is 5.32 Å². The molecule has 31 heavy (non-hydrogen) atoms. The number of halogens is 1. The minimum atomic E-state index is -3.88. The molecule has 0 bridgehead atoms. The summed E-state index contributed by atoms with van der Waals surface area (Å²) in [6, 6.07) is 12.2. The van der Waals surface area contributed by atoms with Crippen molar-refractivity contribution in [1.82, 2.24) is 4.31 Å². The number of methoxy groups -OCH3 is 1. The molecule has 0 saturated carbocycles. The highest BCUT2D eigenvalue weighted by Gasteiger charge is 2.40. The average molecular weight is 479 g/mol. The van der Waals surface area contributed by atoms with Gasteiger partial charge < -0.3 is 10.1 Å². The van der Waals surface area contributed by atoms with E-state index in [1.165, 1.54) is 47.0 Å². The van der Waals surface area contributed by atoms with Gasteiger partial charge in [0.25, 0.3) is 0 Å². The van der Waals surface area contributed by atoms with Gasteiger partial charge >= 0.3 is 5.97 Å². The number of hydrogen-bond acceptors (Lipinski definition) is 6. The van der Waals surface area contributed by atoms with Gasteiger partial charge in [-0.1, -0.05) is 29.8 Å². The third-order valence-electron chi connectivity index (χ3n) is 5.14. The number of fused-ring (bicyclic) bond motifs is 1. The number of carbonyl (C=O) groups excluding carboxylic acids is 2. The normalized spacial score (nSPS) is 17.0. The average Bonchev–Trinajstić information content (AvgIpc) is 3.40. The van der Waals surface area contributed by atoms with Gasteiger partial charge in [-0.05, 0) is 43.2 Å². The van der Waals surface area contributed by atoms with Crippen LogP contribution in [0.3, 0.4) is 0 Å². The lowest BCUT2D eigenvalue weighted by molar-refractivity contribution is -0.119. The fraction of sp³-hybridized carbons (Fsp3) is 0.238. The Hall–Kier alpha value is -2.46. The third kappa shape index (κ3) is 4.06. The van der Waals surface area contributed by atoms with Gasteiger partial charge in [-0.25, -0.2) is 13.2 Å². The molecule has 1 N–H and O–H groups in total. The molecule has 0 radical (unpaired) electrons. The van der Waals surface area contributed by atoms with Crippen LogP contribution in [0.4, 0.5) is 5.69 Å². The van der Waals surface area contributed by atoms with Gasteiger partial charge in [0.05, 0.1) is 17.7 Å². The molecule has 3 aromatic rings. The SMILES string of the molecule is COC(=O)c1sc2ccccc2c1NC(=O)[C@H]1CCCN1S(=O)(=O)c1ccc(Cl)cc1. The molecule has 1 saturated heterocycles. The summed E-state index contributed by atoms with van der Waals surface area (Å²) >= 11 is 7.08. The van der Waals surface area contributed by atoms with E-state index in [0.29, 0.717) is 28.9 Å². The quantitative estimate of drug-likeness (QED) is 0.556. The standard InChI is InChI=1S/C21H19ClN2O5S2/c1-29-21(26)19-18(15-5-2-3-7-17(15)30-19)23-20(25)16-6-4-12-24(16)31(27,28)14-10-8-13(22)9-11-14/h2-3,5,7-11,16H,4,6,12H2,1H3,(H,23,25)/t16-/m1/s1. The van der Waals surface area contributed by atoms with E-state index in [1.807, 2.05) is 12.1 Å². The van der Waals surface area contributed by atoms with Gasteiger partial charge in [-0.3, -0.25) is 4.79 Å². The predicted octanol–water partition coefficient (Wildman–Crippen LogP) is 4.13. The first-order chi connectivity index (χ1) is 14.8. The van der Waals surface area contributed by atoms with Crippen LogP contribution in [0.25, 0.3) is 10.1 Å². The van der Waals surface area contributed by atoms with Crippen molar-refractivity contribution in [3.63, 3.8) is 0 Å². The molecule has 1 amide bonds. The number of nitrogens with zero attached hydrogens (tertiary/aromatic N) is 1. The van der Waals surface area contributed by atoms with Gasteiger partial charge in [-0.15, -0.1) is 11.3 Å². The number of amides is 1. The molecular weight excluding hydrogens is 460 g/mol. The molecule has 2 heterocycles. The van der Waals surface area contributed by atoms with Gasteiger partial charge in [-0.2, -0.15) is 4.31 Å². The number of rotatable bonds is 5. The first kappa shape index (κ1) is 21.8. The lowest BCUT2D eigenvalue weighted by Crippen LogP contribution is -2.43. The number of sulfonamides is 1. The highest BCUT2D eigenvalue weighted by Crippen LogP contribution is 2.37. The molecular formula is C21H19ClN2O5S2. The summed E-state index contributed by atoms with van der Waals surface area (Å²) < 4.78 is 33.1. The first-order valence-electron chi connectivity index (χ1n) is 9.51. The van der Waals surface area contributed by atoms with E-state index in [4.69, 9.17) is 16.3 Å². The molecule has 1 atom stereocenters. The molecule has 10 heteroatoms. The van der Waals surface area contributed by atoms with E-state index < -0.39 is 27.9 Å². The summed E-state index contributed by atoms with van der Waals surface area (Å²) in [4.78, 5) is 25.8. The van der Waals surface area contributed by atoms with Gasteiger partial charge in [0.15, 0.2) is 0 Å². The minimum Gasteiger partial charge on any atom is -0.465 e. The van der Waals surface area contributed by atoms with E-state index in [0.717, 1.165) is 4.70 Å². The first-order valence-corrected chi connectivity index (χ1v) is 12.1. The maximum absolute atomic E-state index is 13.2. The molecule has 162 valence electrons. The Morgan fingerprint density at radius 2 is 1.87 bits per heavy atom. The summed E-state index contributed by atoms with van der Waals surface area (Å²) in [5.74, 6) is -1.04. The highest BCUT2D eigenvalue weighted by molar-refractivity contribution is 7.89. The van der Waals surface area contributed by atoms with Crippen LogP contribution >= 0.6 is 22.9 Å². The lowest BCUT2D eigenvalue weighted by Gasteiger charge is -2.23. The van der Waals surface area contributed by atoms with Crippen LogP contribution in [0.2, 0.25) is 5.02 Å². The zero-order valence-corrected chi connectivity index (χ0v) is 18.9. The Morgan fingerprint density at radius 1 is 1.16 bits per heavy atom. The number of thiophene rings is 1. The second-order valence-corrected chi connectivity index (χ2v) is 10.4. The number of benzene rings is 2. The summed E-state index contributed by atoms with van der Waals surface area (Å²) in [6.07, 6.45) is 0.938. The molecule has 0 unspecified atom stereocenters. The number of esters is 1. The maximum atomic E-state index is 13.2. The second kappa shape index (κ2) is 8.58. The van der Waals surface area contributed by atoms with Gasteiger partial charge in [0, 0.05) is 21.7 Å². The molecule has 1 aliphatic rings. The Balaban J connectivity index is 1.66. The van der Waals surface area contributed by atoms with Crippen molar-refractivity contribution in [2.75, 3.05) is 19.0 Å². The van der Waals surface area contributed by atoms with E-state index in [2.05, 4.69) is 5.32 Å². The Bertz CT molecular complexity index is 1250. The Kier molecular flexibility index (Phi) is 6.02. The summed E-state index contributed by atoms with van der Waals surface area (Å²) in [5.41, 5.74) is 0.341. The van der Waals surface area contributed by atoms with Gasteiger partial charge in [0.1, 0.15) is 10.9 Å².